The molecule has 4 N–H and O–H groups in total. The van der Waals surface area contributed by atoms with Crippen LogP contribution in [-0.2, 0) is 21.4 Å². The first kappa shape index (κ1) is 28.8. The molecule has 1 spiro atoms. The number of unbranched alkanes of at least 4 members (excludes halogenated alkanes) is 3. The van der Waals surface area contributed by atoms with Gasteiger partial charge in [0.1, 0.15) is 29.3 Å². The average Bonchev–Trinajstić information content (AvgIpc) is 3.48. The molecule has 0 amide bonds. The normalized spacial score (nSPS) is 18.7. The quantitative estimate of drug-likeness (QED) is 0.0973. The number of nitrogens with one attached hydrogen (secondary N) is 1. The summed E-state index contributed by atoms with van der Waals surface area (Å²) in [5, 5.41) is 37.8. The van der Waals surface area contributed by atoms with Crippen molar-refractivity contribution in [1.29, 1.82) is 0 Å². The lowest BCUT2D eigenvalue weighted by Gasteiger charge is -2.22. The molecular weight excluding hydrogens is 572 g/mol. The number of aromatic nitrogens is 1. The largest absolute Gasteiger partial charge is 0.507 e. The van der Waals surface area contributed by atoms with Crippen molar-refractivity contribution < 1.29 is 44.1 Å². The summed E-state index contributed by atoms with van der Waals surface area (Å²) in [6, 6.07) is 3.16. The van der Waals surface area contributed by atoms with E-state index in [0.29, 0.717) is 23.3 Å². The Hall–Kier alpha value is -5.26. The van der Waals surface area contributed by atoms with Gasteiger partial charge in [-0.1, -0.05) is 31.0 Å². The zero-order valence-corrected chi connectivity index (χ0v) is 23.9. The van der Waals surface area contributed by atoms with Crippen LogP contribution in [-0.4, -0.2) is 63.4 Å². The van der Waals surface area contributed by atoms with Gasteiger partial charge in [0.15, 0.2) is 23.1 Å². The van der Waals surface area contributed by atoms with Crippen molar-refractivity contribution in [2.45, 2.75) is 50.9 Å². The van der Waals surface area contributed by atoms with Gasteiger partial charge in [-0.2, -0.15) is 0 Å². The molecule has 2 aromatic carbocycles. The number of aromatic amines is 1. The van der Waals surface area contributed by atoms with E-state index in [1.807, 2.05) is 0 Å². The highest BCUT2D eigenvalue weighted by Gasteiger charge is 2.61. The Morgan fingerprint density at radius 3 is 2.32 bits per heavy atom. The van der Waals surface area contributed by atoms with E-state index in [9.17, 15) is 39.3 Å². The number of phenolic OH excluding ortho intramolecular Hbond substituents is 3. The van der Waals surface area contributed by atoms with Gasteiger partial charge in [0.05, 0.1) is 46.7 Å². The van der Waals surface area contributed by atoms with Gasteiger partial charge < -0.3 is 29.9 Å². The number of hydrogen-bond acceptors (Lipinski definition) is 11. The number of oxime groups is 1. The zero-order chi connectivity index (χ0) is 31.5. The molecule has 3 aliphatic carbocycles. The maximum atomic E-state index is 14.1. The van der Waals surface area contributed by atoms with E-state index in [0.717, 1.165) is 38.9 Å². The maximum absolute atomic E-state index is 14.1. The highest BCUT2D eigenvalue weighted by Crippen LogP contribution is 2.57. The van der Waals surface area contributed by atoms with Gasteiger partial charge in [-0.15, -0.1) is 0 Å². The van der Waals surface area contributed by atoms with Crippen molar-refractivity contribution in [3.63, 3.8) is 0 Å². The molecular formula is C32H28N2O10. The van der Waals surface area contributed by atoms with Gasteiger partial charge in [-0.3, -0.25) is 24.0 Å². The van der Waals surface area contributed by atoms with Crippen LogP contribution in [0.2, 0.25) is 0 Å². The zero-order valence-electron chi connectivity index (χ0n) is 23.9. The third-order valence-corrected chi connectivity index (χ3v) is 8.62. The smallest absolute Gasteiger partial charge is 0.260 e. The molecule has 3 aromatic rings. The molecule has 0 saturated heterocycles. The number of phenols is 3. The molecule has 0 fully saturated rings. The van der Waals surface area contributed by atoms with Crippen LogP contribution in [0.25, 0.3) is 10.8 Å². The summed E-state index contributed by atoms with van der Waals surface area (Å²) in [4.78, 5) is 74.9. The number of rotatable bonds is 8. The summed E-state index contributed by atoms with van der Waals surface area (Å²) >= 11 is 0. The molecule has 0 unspecified atom stereocenters. The number of pyridine rings is 1. The fourth-order valence-electron chi connectivity index (χ4n) is 6.57. The molecule has 1 atom stereocenters. The first-order valence-corrected chi connectivity index (χ1v) is 14.2. The third kappa shape index (κ3) is 3.90. The minimum atomic E-state index is -2.10. The van der Waals surface area contributed by atoms with E-state index in [2.05, 4.69) is 17.1 Å². The van der Waals surface area contributed by atoms with E-state index in [-0.39, 0.29) is 23.8 Å². The van der Waals surface area contributed by atoms with Gasteiger partial charge >= 0.3 is 0 Å². The number of hydrogen-bond donors (Lipinski definition) is 4. The van der Waals surface area contributed by atoms with Gasteiger partial charge in [0.2, 0.25) is 5.78 Å². The highest BCUT2D eigenvalue weighted by molar-refractivity contribution is 6.38. The molecule has 44 heavy (non-hydrogen) atoms. The Bertz CT molecular complexity index is 1950. The van der Waals surface area contributed by atoms with Crippen LogP contribution in [0.3, 0.4) is 0 Å². The number of nitrogens with zero attached hydrogens (tertiary/aromatic N) is 1. The number of carbonyl (C=O) groups excluding carboxylic acids is 4. The van der Waals surface area contributed by atoms with Gasteiger partial charge in [0, 0.05) is 11.6 Å². The Labute approximate surface area is 249 Å². The predicted octanol–water partition coefficient (Wildman–Crippen LogP) is 3.75. The van der Waals surface area contributed by atoms with E-state index in [1.54, 1.807) is 12.1 Å². The maximum Gasteiger partial charge on any atom is 0.260 e. The number of Topliss-reactive ketones (excluding diaryl/α,β-unsaturated/α-hetero) is 3. The molecule has 226 valence electrons. The predicted molar refractivity (Wildman–Crippen MR) is 156 cm³/mol. The Morgan fingerprint density at radius 1 is 0.932 bits per heavy atom. The van der Waals surface area contributed by atoms with Gasteiger partial charge in [-0.25, -0.2) is 0 Å². The van der Waals surface area contributed by atoms with Crippen molar-refractivity contribution in [3.05, 3.63) is 73.4 Å². The van der Waals surface area contributed by atoms with Crippen LogP contribution >= 0.6 is 0 Å². The lowest BCUT2D eigenvalue weighted by atomic mass is 9.76. The minimum Gasteiger partial charge on any atom is -0.507 e. The van der Waals surface area contributed by atoms with Crippen molar-refractivity contribution in [3.8, 4) is 17.2 Å². The number of ether oxygens (including phenoxy) is 1. The third-order valence-electron chi connectivity index (χ3n) is 8.62. The highest BCUT2D eigenvalue weighted by atomic mass is 16.6. The fourth-order valence-corrected chi connectivity index (χ4v) is 6.57. The molecule has 0 bridgehead atoms. The van der Waals surface area contributed by atoms with E-state index >= 15 is 0 Å². The van der Waals surface area contributed by atoms with E-state index < -0.39 is 79.4 Å². The molecule has 1 heterocycles. The van der Waals surface area contributed by atoms with E-state index in [4.69, 9.17) is 9.57 Å². The van der Waals surface area contributed by atoms with Crippen LogP contribution in [0.1, 0.15) is 97.3 Å². The van der Waals surface area contributed by atoms with Crippen LogP contribution < -0.4 is 5.56 Å². The first-order chi connectivity index (χ1) is 21.1. The number of aryl methyl sites for hydroxylation is 1. The second kappa shape index (κ2) is 10.5. The second-order valence-electron chi connectivity index (χ2n) is 11.1. The summed E-state index contributed by atoms with van der Waals surface area (Å²) in [6.45, 7) is 2.53. The van der Waals surface area contributed by atoms with Crippen LogP contribution in [0.5, 0.6) is 17.2 Å². The molecule has 12 heteroatoms. The van der Waals surface area contributed by atoms with Crippen LogP contribution in [0, 0.1) is 0 Å². The Kier molecular flexibility index (Phi) is 6.87. The number of methoxy groups -OCH3 is 1. The number of H-pyrrole nitrogens is 1. The molecule has 0 saturated carbocycles. The first-order valence-electron chi connectivity index (χ1n) is 14.2. The van der Waals surface area contributed by atoms with Gasteiger partial charge in [-0.05, 0) is 42.7 Å². The SMILES string of the molecule is CCCCCCO/N=C/c1cc2cc3c(c(O)c2c(=O)[nH]1)[C@@]1(CC3)C(=O)c2c(O)c3c(c(O)c2C1=O)C(=O)C(OC)=CC3=O. The van der Waals surface area contributed by atoms with Crippen molar-refractivity contribution in [2.75, 3.05) is 13.7 Å². The van der Waals surface area contributed by atoms with Crippen molar-refractivity contribution in [1.82, 2.24) is 4.98 Å². The summed E-state index contributed by atoms with van der Waals surface area (Å²) in [7, 11) is 1.14. The number of fused-ring (bicyclic) bond motifs is 5. The molecule has 1 aromatic heterocycles. The average molecular weight is 601 g/mol. The number of ketones is 4. The molecule has 12 nitrogen and oxygen atoms in total. The summed E-state index contributed by atoms with van der Waals surface area (Å²) in [5.41, 5.74) is -4.74. The molecule has 3 aliphatic rings. The summed E-state index contributed by atoms with van der Waals surface area (Å²) in [6.07, 6.45) is 6.20. The number of benzene rings is 2. The minimum absolute atomic E-state index is 0.122. The van der Waals surface area contributed by atoms with Crippen LogP contribution in [0.15, 0.2) is 33.9 Å². The van der Waals surface area contributed by atoms with Crippen molar-refractivity contribution in [2.24, 2.45) is 5.16 Å². The topological polar surface area (TPSA) is 193 Å². The van der Waals surface area contributed by atoms with Crippen LogP contribution in [0.4, 0.5) is 0 Å². The Morgan fingerprint density at radius 2 is 1.64 bits per heavy atom. The Balaban J connectivity index is 1.43. The fraction of sp³-hybridized carbons (Fsp3) is 0.312. The molecule has 0 radical (unpaired) electrons. The standard InChI is InChI=1S/C32H28N2O10/c1-3-4-5-6-9-44-33-13-16-11-15-10-14-7-8-32(24(14)28(39)19(15)31(42)34-16)29(40)22-23(30(32)41)27(38)21-20(26(22)37)17(35)12-18(43-2)25(21)36/h10-13,37-39H,3-9H2,1-2H3,(H,34,42)/b33-13+/t32-/m0/s1. The monoisotopic (exact) mass is 600 g/mol. The van der Waals surface area contributed by atoms with E-state index in [1.165, 1.54) is 6.21 Å². The van der Waals surface area contributed by atoms with Crippen molar-refractivity contribution >= 4 is 40.1 Å². The molecule has 6 rings (SSSR count). The lowest BCUT2D eigenvalue weighted by Crippen LogP contribution is -2.36. The number of aromatic hydroxyl groups is 3. The summed E-state index contributed by atoms with van der Waals surface area (Å²) < 4.78 is 4.92. The number of allylic oxidation sites excluding steroid dienone is 2. The lowest BCUT2D eigenvalue weighted by molar-refractivity contribution is 0.0790. The molecule has 0 aliphatic heterocycles. The second-order valence-corrected chi connectivity index (χ2v) is 11.1. The number of carbonyl (C=O) groups is 4. The summed E-state index contributed by atoms with van der Waals surface area (Å²) in [5.74, 6) is -6.65. The van der Waals surface area contributed by atoms with Gasteiger partial charge in [0.25, 0.3) is 5.56 Å².